The summed E-state index contributed by atoms with van der Waals surface area (Å²) in [5.74, 6) is 0. The molecule has 123 heavy (non-hydrogen) atoms. The fraction of sp³-hybridized carbons (Fsp3) is 0.0769. The van der Waals surface area contributed by atoms with Crippen LogP contribution in [0, 0.1) is 0 Å². The van der Waals surface area contributed by atoms with Gasteiger partial charge in [0.15, 0.2) is 0 Å². The molecule has 0 spiro atoms. The van der Waals surface area contributed by atoms with Crippen molar-refractivity contribution in [1.29, 1.82) is 0 Å². The molecule has 0 aliphatic heterocycles. The van der Waals surface area contributed by atoms with Crippen molar-refractivity contribution in [2.24, 2.45) is 0 Å². The van der Waals surface area contributed by atoms with Gasteiger partial charge >= 0.3 is 0 Å². The lowest BCUT2D eigenvalue weighted by Gasteiger charge is -2.20. The SMILES string of the molecule is CCCc1ccc2c(c1)c1cc(CCC)ccc1n2-c1ccc(N(C)c2ccccc2)cc1.CN(c1ccccc1)c1ccc(-n2c3ccc(-c4ccc(-c5ccccc5)cc4)cc3c3cc(-c4ccc(-c5ccccc5)cc4)ccc32)cc1.CN(c1ccccc1)c1ccc(-n2c3ccc(-c4ccccc4)cc3c3cc(-c4ccccc4)ccc32)cc1. The van der Waals surface area contributed by atoms with Gasteiger partial charge in [0.1, 0.15) is 0 Å². The number of rotatable bonds is 19. The van der Waals surface area contributed by atoms with Gasteiger partial charge in [-0.25, -0.2) is 0 Å². The Morgan fingerprint density at radius 1 is 0.171 bits per heavy atom. The molecule has 0 atom stereocenters. The number of fused-ring (bicyclic) bond motifs is 9. The molecular formula is C117H96N6. The molecule has 0 aliphatic carbocycles. The summed E-state index contributed by atoms with van der Waals surface area (Å²) in [6.07, 6.45) is 4.58. The second kappa shape index (κ2) is 35.0. The molecule has 0 aliphatic rings. The van der Waals surface area contributed by atoms with Gasteiger partial charge in [-0.15, -0.1) is 0 Å². The molecule has 21 aromatic rings. The van der Waals surface area contributed by atoms with Gasteiger partial charge < -0.3 is 28.4 Å². The molecule has 21 rings (SSSR count). The Balaban J connectivity index is 0.000000125. The van der Waals surface area contributed by atoms with Crippen LogP contribution in [0.5, 0.6) is 0 Å². The molecule has 0 unspecified atom stereocenters. The van der Waals surface area contributed by atoms with E-state index < -0.39 is 0 Å². The standard InChI is InChI=1S/C49H36N2.C37H28N2.C31H32N2/c1-50(43-15-9-4-10-16-43)44-27-29-45(30-28-44)51-48-31-25-41(39-21-17-37(18-22-39)35-11-5-2-6-12-35)33-46(48)47-34-42(26-32-49(47)51)40-23-19-38(20-24-40)36-13-7-3-8-14-36;1-38(31-15-9-4-10-16-31)32-19-21-33(22-20-32)39-36-23-17-29(27-11-5-2-6-12-27)25-34(36)35-26-30(18-24-37(35)39)28-13-7-3-8-14-28;1-4-9-23-13-19-30-28(21-23)29-22-24(10-5-2)14-20-31(29)33(30)27-17-15-26(16-18-27)32(3)25-11-7-6-8-12-25/h2-34H,1H3;2-26H,1H3;6-8,11-22H,4-5,9-10H2,1-3H3. The van der Waals surface area contributed by atoms with E-state index in [1.54, 1.807) is 0 Å². The van der Waals surface area contributed by atoms with Crippen LogP contribution in [0.4, 0.5) is 34.1 Å². The zero-order valence-electron chi connectivity index (χ0n) is 70.2. The van der Waals surface area contributed by atoms with Crippen molar-refractivity contribution in [3.05, 3.63) is 454 Å². The topological polar surface area (TPSA) is 24.5 Å². The lowest BCUT2D eigenvalue weighted by Crippen LogP contribution is -2.09. The van der Waals surface area contributed by atoms with E-state index in [0.717, 1.165) is 41.3 Å². The molecule has 0 N–H and O–H groups in total. The lowest BCUT2D eigenvalue weighted by molar-refractivity contribution is 0.923. The number of hydrogen-bond donors (Lipinski definition) is 0. The normalized spacial score (nSPS) is 11.3. The predicted molar refractivity (Wildman–Crippen MR) is 526 cm³/mol. The summed E-state index contributed by atoms with van der Waals surface area (Å²) in [6.45, 7) is 4.50. The van der Waals surface area contributed by atoms with E-state index in [9.17, 15) is 0 Å². The second-order valence-corrected chi connectivity index (χ2v) is 32.0. The summed E-state index contributed by atoms with van der Waals surface area (Å²) in [4.78, 5) is 6.66. The fourth-order valence-electron chi connectivity index (χ4n) is 17.7. The van der Waals surface area contributed by atoms with Gasteiger partial charge in [-0.05, 0) is 273 Å². The van der Waals surface area contributed by atoms with E-state index >= 15 is 0 Å². The first kappa shape index (κ1) is 77.7. The summed E-state index contributed by atoms with van der Waals surface area (Å²) < 4.78 is 7.21. The highest BCUT2D eigenvalue weighted by molar-refractivity contribution is 6.14. The number of para-hydroxylation sites is 3. The first-order valence-electron chi connectivity index (χ1n) is 43.0. The van der Waals surface area contributed by atoms with Crippen molar-refractivity contribution in [1.82, 2.24) is 13.7 Å². The zero-order valence-corrected chi connectivity index (χ0v) is 70.2. The van der Waals surface area contributed by atoms with Gasteiger partial charge in [-0.3, -0.25) is 0 Å². The van der Waals surface area contributed by atoms with Crippen LogP contribution in [0.25, 0.3) is 149 Å². The highest BCUT2D eigenvalue weighted by Gasteiger charge is 2.21. The molecule has 0 fully saturated rings. The molecule has 6 heteroatoms. The van der Waals surface area contributed by atoms with E-state index in [1.807, 2.05) is 0 Å². The van der Waals surface area contributed by atoms with Crippen molar-refractivity contribution in [2.75, 3.05) is 35.8 Å². The Morgan fingerprint density at radius 2 is 0.350 bits per heavy atom. The summed E-state index contributed by atoms with van der Waals surface area (Å²) in [5.41, 5.74) is 35.3. The Kier molecular flexibility index (Phi) is 22.1. The third-order valence-corrected chi connectivity index (χ3v) is 24.3. The van der Waals surface area contributed by atoms with Gasteiger partial charge in [-0.1, -0.05) is 288 Å². The third kappa shape index (κ3) is 16.0. The summed E-state index contributed by atoms with van der Waals surface area (Å²) in [5, 5.41) is 7.72. The van der Waals surface area contributed by atoms with Crippen LogP contribution in [0.1, 0.15) is 37.8 Å². The van der Waals surface area contributed by atoms with Crippen LogP contribution in [-0.4, -0.2) is 34.8 Å². The van der Waals surface area contributed by atoms with Gasteiger partial charge in [0.25, 0.3) is 0 Å². The highest BCUT2D eigenvalue weighted by atomic mass is 15.1. The largest absolute Gasteiger partial charge is 0.345 e. The number of hydrogen-bond acceptors (Lipinski definition) is 3. The first-order chi connectivity index (χ1) is 60.6. The fourth-order valence-corrected chi connectivity index (χ4v) is 17.7. The van der Waals surface area contributed by atoms with Crippen LogP contribution in [0.15, 0.2) is 443 Å². The average molecular weight is 1590 g/mol. The van der Waals surface area contributed by atoms with Gasteiger partial charge in [0.05, 0.1) is 33.1 Å². The van der Waals surface area contributed by atoms with Crippen LogP contribution < -0.4 is 14.7 Å². The number of nitrogens with zero attached hydrogens (tertiary/aromatic N) is 6. The molecular weight excluding hydrogens is 1490 g/mol. The van der Waals surface area contributed by atoms with E-state index in [4.69, 9.17) is 0 Å². The molecule has 3 aromatic heterocycles. The number of benzene rings is 18. The monoisotopic (exact) mass is 1580 g/mol. The molecule has 0 saturated heterocycles. The maximum atomic E-state index is 2.42. The Bertz CT molecular complexity index is 6910. The van der Waals surface area contributed by atoms with Gasteiger partial charge in [-0.2, -0.15) is 0 Å². The molecule has 594 valence electrons. The number of aromatic nitrogens is 3. The Hall–Kier alpha value is -15.2. The molecule has 6 nitrogen and oxygen atoms in total. The quantitative estimate of drug-likeness (QED) is 0.0806. The van der Waals surface area contributed by atoms with Gasteiger partial charge in [0.2, 0.25) is 0 Å². The van der Waals surface area contributed by atoms with Crippen LogP contribution in [0.3, 0.4) is 0 Å². The Morgan fingerprint density at radius 3 is 0.585 bits per heavy atom. The molecule has 0 radical (unpaired) electrons. The second-order valence-electron chi connectivity index (χ2n) is 32.0. The first-order valence-corrected chi connectivity index (χ1v) is 43.0. The van der Waals surface area contributed by atoms with Crippen LogP contribution >= 0.6 is 0 Å². The third-order valence-electron chi connectivity index (χ3n) is 24.3. The molecule has 0 saturated carbocycles. The van der Waals surface area contributed by atoms with E-state index in [1.165, 1.54) is 179 Å². The van der Waals surface area contributed by atoms with Crippen molar-refractivity contribution in [3.8, 4) is 83.8 Å². The van der Waals surface area contributed by atoms with Crippen LogP contribution in [0.2, 0.25) is 0 Å². The smallest absolute Gasteiger partial charge is 0.0541 e. The van der Waals surface area contributed by atoms with Crippen LogP contribution in [-0.2, 0) is 12.8 Å². The zero-order chi connectivity index (χ0) is 83.1. The molecule has 0 amide bonds. The van der Waals surface area contributed by atoms with Crippen molar-refractivity contribution < 1.29 is 0 Å². The Labute approximate surface area is 721 Å². The predicted octanol–water partition coefficient (Wildman–Crippen LogP) is 31.6. The molecule has 18 aromatic carbocycles. The van der Waals surface area contributed by atoms with E-state index in [-0.39, 0.29) is 0 Å². The highest BCUT2D eigenvalue weighted by Crippen LogP contribution is 2.43. The summed E-state index contributed by atoms with van der Waals surface area (Å²) >= 11 is 0. The minimum atomic E-state index is 1.12. The van der Waals surface area contributed by atoms with E-state index in [2.05, 4.69) is 506 Å². The maximum Gasteiger partial charge on any atom is 0.0541 e. The molecule has 0 bridgehead atoms. The maximum absolute atomic E-state index is 2.42. The minimum Gasteiger partial charge on any atom is -0.345 e. The summed E-state index contributed by atoms with van der Waals surface area (Å²) in [6, 6.07) is 160. The van der Waals surface area contributed by atoms with E-state index in [0.29, 0.717) is 0 Å². The minimum absolute atomic E-state index is 1.12. The average Bonchev–Trinajstić information content (AvgIpc) is 1.59. The van der Waals surface area contributed by atoms with Gasteiger partial charge in [0, 0.05) is 105 Å². The molecule has 3 heterocycles. The van der Waals surface area contributed by atoms with Crippen molar-refractivity contribution in [2.45, 2.75) is 39.5 Å². The number of anilines is 6. The lowest BCUT2D eigenvalue weighted by atomic mass is 9.97. The van der Waals surface area contributed by atoms with Crippen molar-refractivity contribution >= 4 is 99.5 Å². The van der Waals surface area contributed by atoms with Crippen molar-refractivity contribution in [3.63, 3.8) is 0 Å². The number of aryl methyl sites for hydroxylation is 2. The summed E-state index contributed by atoms with van der Waals surface area (Å²) in [7, 11) is 6.35.